The predicted octanol–water partition coefficient (Wildman–Crippen LogP) is 4.67. The highest BCUT2D eigenvalue weighted by Gasteiger charge is 2.18. The number of nitrogens with one attached hydrogen (secondary N) is 1. The Morgan fingerprint density at radius 1 is 1.35 bits per heavy atom. The maximum absolute atomic E-state index is 12.2. The van der Waals surface area contributed by atoms with Crippen molar-refractivity contribution in [3.63, 3.8) is 0 Å². The van der Waals surface area contributed by atoms with Crippen LogP contribution in [0, 0.1) is 5.41 Å². The first-order chi connectivity index (χ1) is 9.37. The second-order valence-electron chi connectivity index (χ2n) is 6.22. The maximum Gasteiger partial charge on any atom is 0.252 e. The average Bonchev–Trinajstić information content (AvgIpc) is 2.78. The maximum atomic E-state index is 12.2. The summed E-state index contributed by atoms with van der Waals surface area (Å²) in [4.78, 5) is 12.2. The third-order valence-electron chi connectivity index (χ3n) is 3.04. The number of fused-ring (bicyclic) bond motifs is 1. The molecule has 0 saturated heterocycles. The van der Waals surface area contributed by atoms with Crippen LogP contribution in [0.5, 0.6) is 0 Å². The molecule has 0 saturated carbocycles. The van der Waals surface area contributed by atoms with Gasteiger partial charge in [0.2, 0.25) is 0 Å². The third-order valence-corrected chi connectivity index (χ3v) is 4.32. The van der Waals surface area contributed by atoms with Crippen LogP contribution in [0.2, 0.25) is 0 Å². The van der Waals surface area contributed by atoms with Crippen LogP contribution < -0.4 is 5.32 Å². The van der Waals surface area contributed by atoms with Gasteiger partial charge in [-0.15, -0.1) is 22.9 Å². The van der Waals surface area contributed by atoms with Gasteiger partial charge in [-0.05, 0) is 17.9 Å². The fourth-order valence-electron chi connectivity index (χ4n) is 2.19. The van der Waals surface area contributed by atoms with Crippen molar-refractivity contribution in [3.8, 4) is 0 Å². The summed E-state index contributed by atoms with van der Waals surface area (Å²) in [5, 5.41) is 5.82. The van der Waals surface area contributed by atoms with Crippen molar-refractivity contribution in [1.29, 1.82) is 0 Å². The Balaban J connectivity index is 1.99. The molecule has 0 bridgehead atoms. The summed E-state index contributed by atoms with van der Waals surface area (Å²) in [5.74, 6) is -0.0398. The number of carbonyl (C=O) groups is 1. The Kier molecular flexibility index (Phi) is 4.71. The van der Waals surface area contributed by atoms with Crippen LogP contribution in [-0.2, 0) is 0 Å². The Bertz CT molecular complexity index is 600. The lowest BCUT2D eigenvalue weighted by Crippen LogP contribution is -2.31. The number of thiophene rings is 1. The van der Waals surface area contributed by atoms with Gasteiger partial charge in [-0.2, -0.15) is 0 Å². The lowest BCUT2D eigenvalue weighted by molar-refractivity contribution is 0.0954. The Labute approximate surface area is 129 Å². The van der Waals surface area contributed by atoms with Crippen molar-refractivity contribution in [2.45, 2.75) is 32.6 Å². The number of amides is 1. The number of hydrogen-bond donors (Lipinski definition) is 1. The summed E-state index contributed by atoms with van der Waals surface area (Å²) in [6, 6.07) is 7.95. The molecule has 20 heavy (non-hydrogen) atoms. The van der Waals surface area contributed by atoms with Gasteiger partial charge in [0.1, 0.15) is 0 Å². The van der Waals surface area contributed by atoms with Crippen LogP contribution in [0.15, 0.2) is 29.6 Å². The second kappa shape index (κ2) is 6.15. The molecule has 0 spiro atoms. The van der Waals surface area contributed by atoms with Gasteiger partial charge in [-0.3, -0.25) is 4.79 Å². The zero-order chi connectivity index (χ0) is 14.8. The molecule has 1 atom stereocenters. The number of alkyl halides is 1. The first-order valence-electron chi connectivity index (χ1n) is 6.75. The highest BCUT2D eigenvalue weighted by molar-refractivity contribution is 7.17. The minimum absolute atomic E-state index is 0.0381. The zero-order valence-electron chi connectivity index (χ0n) is 12.1. The molecule has 1 unspecified atom stereocenters. The molecule has 2 rings (SSSR count). The second-order valence-corrected chi connectivity index (χ2v) is 7.75. The molecular formula is C16H20ClNOS. The fraction of sp³-hybridized carbons (Fsp3) is 0.438. The van der Waals surface area contributed by atoms with E-state index in [0.717, 1.165) is 22.1 Å². The smallest absolute Gasteiger partial charge is 0.252 e. The molecule has 108 valence electrons. The van der Waals surface area contributed by atoms with E-state index in [-0.39, 0.29) is 16.7 Å². The summed E-state index contributed by atoms with van der Waals surface area (Å²) in [6.45, 7) is 6.95. The lowest BCUT2D eigenvalue weighted by atomic mass is 9.90. The van der Waals surface area contributed by atoms with Gasteiger partial charge in [0.15, 0.2) is 0 Å². The van der Waals surface area contributed by atoms with E-state index in [9.17, 15) is 4.79 Å². The molecule has 0 fully saturated rings. The number of rotatable bonds is 4. The third kappa shape index (κ3) is 3.97. The van der Waals surface area contributed by atoms with E-state index in [1.807, 2.05) is 29.6 Å². The Morgan fingerprint density at radius 2 is 2.05 bits per heavy atom. The van der Waals surface area contributed by atoms with Gasteiger partial charge in [0, 0.05) is 22.0 Å². The molecule has 1 aromatic heterocycles. The average molecular weight is 310 g/mol. The van der Waals surface area contributed by atoms with Crippen LogP contribution in [0.3, 0.4) is 0 Å². The van der Waals surface area contributed by atoms with Gasteiger partial charge >= 0.3 is 0 Å². The van der Waals surface area contributed by atoms with Gasteiger partial charge in [0.05, 0.1) is 10.9 Å². The molecule has 1 amide bonds. The number of halogens is 1. The van der Waals surface area contributed by atoms with Crippen LogP contribution >= 0.6 is 22.9 Å². The summed E-state index contributed by atoms with van der Waals surface area (Å²) in [6.07, 6.45) is 0.874. The van der Waals surface area contributed by atoms with Crippen molar-refractivity contribution >= 4 is 38.9 Å². The molecule has 4 heteroatoms. The van der Waals surface area contributed by atoms with Crippen LogP contribution in [0.1, 0.15) is 37.6 Å². The quantitative estimate of drug-likeness (QED) is 0.817. The van der Waals surface area contributed by atoms with Crippen molar-refractivity contribution in [2.24, 2.45) is 5.41 Å². The molecule has 0 aliphatic heterocycles. The van der Waals surface area contributed by atoms with Crippen molar-refractivity contribution < 1.29 is 4.79 Å². The van der Waals surface area contributed by atoms with Crippen molar-refractivity contribution in [2.75, 3.05) is 6.54 Å². The van der Waals surface area contributed by atoms with Crippen LogP contribution in [0.25, 0.3) is 10.1 Å². The van der Waals surface area contributed by atoms with Gasteiger partial charge in [-0.25, -0.2) is 0 Å². The summed E-state index contributed by atoms with van der Waals surface area (Å²) >= 11 is 7.87. The van der Waals surface area contributed by atoms with E-state index >= 15 is 0 Å². The number of carbonyl (C=O) groups excluding carboxylic acids is 1. The molecule has 1 heterocycles. The minimum atomic E-state index is -0.0398. The highest BCUT2D eigenvalue weighted by atomic mass is 35.5. The van der Waals surface area contributed by atoms with Gasteiger partial charge in [-0.1, -0.05) is 39.0 Å². The minimum Gasteiger partial charge on any atom is -0.351 e. The van der Waals surface area contributed by atoms with Gasteiger partial charge in [0.25, 0.3) is 5.91 Å². The Morgan fingerprint density at radius 3 is 2.75 bits per heavy atom. The topological polar surface area (TPSA) is 29.1 Å². The lowest BCUT2D eigenvalue weighted by Gasteiger charge is -2.21. The van der Waals surface area contributed by atoms with Crippen LogP contribution in [-0.4, -0.2) is 17.8 Å². The molecule has 2 aromatic rings. The first kappa shape index (κ1) is 15.3. The molecular weight excluding hydrogens is 290 g/mol. The summed E-state index contributed by atoms with van der Waals surface area (Å²) in [7, 11) is 0. The first-order valence-corrected chi connectivity index (χ1v) is 8.07. The monoisotopic (exact) mass is 309 g/mol. The summed E-state index contributed by atoms with van der Waals surface area (Å²) < 4.78 is 1.13. The predicted molar refractivity (Wildman–Crippen MR) is 87.9 cm³/mol. The van der Waals surface area contributed by atoms with E-state index in [0.29, 0.717) is 6.54 Å². The van der Waals surface area contributed by atoms with Crippen molar-refractivity contribution in [1.82, 2.24) is 5.32 Å². The standard InChI is InChI=1S/C16H20ClNOS/c1-16(2,3)8-11(17)9-18-15(19)13-10-20-14-7-5-4-6-12(13)14/h4-7,10-11H,8-9H2,1-3H3,(H,18,19). The molecule has 0 aliphatic carbocycles. The summed E-state index contributed by atoms with van der Waals surface area (Å²) in [5.41, 5.74) is 0.914. The van der Waals surface area contributed by atoms with Gasteiger partial charge < -0.3 is 5.32 Å². The molecule has 2 nitrogen and oxygen atoms in total. The molecule has 1 N–H and O–H groups in total. The highest BCUT2D eigenvalue weighted by Crippen LogP contribution is 2.26. The van der Waals surface area contributed by atoms with E-state index < -0.39 is 0 Å². The number of hydrogen-bond acceptors (Lipinski definition) is 2. The zero-order valence-corrected chi connectivity index (χ0v) is 13.6. The SMILES string of the molecule is CC(C)(C)CC(Cl)CNC(=O)c1csc2ccccc12. The van der Waals surface area contributed by atoms with Crippen molar-refractivity contribution in [3.05, 3.63) is 35.2 Å². The van der Waals surface area contributed by atoms with E-state index in [1.54, 1.807) is 11.3 Å². The van der Waals surface area contributed by atoms with E-state index in [1.165, 1.54) is 0 Å². The Hall–Kier alpha value is -1.06. The largest absolute Gasteiger partial charge is 0.351 e. The molecule has 0 radical (unpaired) electrons. The van der Waals surface area contributed by atoms with Crippen LogP contribution in [0.4, 0.5) is 0 Å². The molecule has 0 aliphatic rings. The van der Waals surface area contributed by atoms with E-state index in [2.05, 4.69) is 26.1 Å². The fourth-order valence-corrected chi connectivity index (χ4v) is 3.67. The van der Waals surface area contributed by atoms with E-state index in [4.69, 9.17) is 11.6 Å². The normalized spacial score (nSPS) is 13.4. The number of benzene rings is 1. The molecule has 1 aromatic carbocycles.